The van der Waals surface area contributed by atoms with E-state index in [9.17, 15) is 0 Å². The van der Waals surface area contributed by atoms with Crippen LogP contribution in [0.2, 0.25) is 0 Å². The molecule has 0 spiro atoms. The van der Waals surface area contributed by atoms with Gasteiger partial charge in [0.05, 0.1) is 0 Å². The number of hydrogen-bond donors (Lipinski definition) is 1. The van der Waals surface area contributed by atoms with E-state index in [1.807, 2.05) is 4.68 Å². The number of fused-ring (bicyclic) bond motifs is 2. The molecule has 3 atom stereocenters. The van der Waals surface area contributed by atoms with Gasteiger partial charge >= 0.3 is 0 Å². The van der Waals surface area contributed by atoms with E-state index in [2.05, 4.69) is 22.3 Å². The monoisotopic (exact) mass is 192 g/mol. The van der Waals surface area contributed by atoms with Gasteiger partial charge in [-0.25, -0.2) is 4.98 Å². The van der Waals surface area contributed by atoms with E-state index in [4.69, 9.17) is 0 Å². The van der Waals surface area contributed by atoms with Crippen LogP contribution < -0.4 is 5.32 Å². The van der Waals surface area contributed by atoms with Gasteiger partial charge in [-0.3, -0.25) is 4.68 Å². The number of aryl methyl sites for hydroxylation is 1. The maximum atomic E-state index is 4.40. The van der Waals surface area contributed by atoms with Gasteiger partial charge in [0.25, 0.3) is 0 Å². The summed E-state index contributed by atoms with van der Waals surface area (Å²) in [5.41, 5.74) is 0. The van der Waals surface area contributed by atoms with Crippen molar-refractivity contribution in [2.75, 3.05) is 0 Å². The minimum Gasteiger partial charge on any atom is -0.310 e. The highest BCUT2D eigenvalue weighted by Gasteiger charge is 2.41. The second-order valence-electron chi connectivity index (χ2n) is 4.32. The van der Waals surface area contributed by atoms with E-state index >= 15 is 0 Å². The number of aromatic nitrogens is 3. The number of rotatable bonds is 2. The molecule has 4 nitrogen and oxygen atoms in total. The van der Waals surface area contributed by atoms with Crippen LogP contribution in [-0.2, 0) is 6.54 Å². The molecule has 2 saturated heterocycles. The zero-order chi connectivity index (χ0) is 9.54. The third kappa shape index (κ3) is 1.10. The molecule has 1 aromatic rings. The summed E-state index contributed by atoms with van der Waals surface area (Å²) in [5.74, 6) is 1.79. The van der Waals surface area contributed by atoms with E-state index in [1.54, 1.807) is 6.33 Å². The Bertz CT molecular complexity index is 333. The van der Waals surface area contributed by atoms with Crippen molar-refractivity contribution in [3.63, 3.8) is 0 Å². The highest BCUT2D eigenvalue weighted by atomic mass is 15.3. The molecule has 1 N–H and O–H groups in total. The molecule has 14 heavy (non-hydrogen) atoms. The molecule has 76 valence electrons. The largest absolute Gasteiger partial charge is 0.310 e. The van der Waals surface area contributed by atoms with Gasteiger partial charge in [0.15, 0.2) is 0 Å². The molecule has 0 saturated carbocycles. The van der Waals surface area contributed by atoms with Crippen LogP contribution in [0.5, 0.6) is 0 Å². The standard InChI is InChI=1S/C10H16N4/c1-2-14-10(11-6-12-14)8-5-7-3-4-9(8)13-7/h6-9,13H,2-5H2,1H3. The van der Waals surface area contributed by atoms with Crippen molar-refractivity contribution in [1.29, 1.82) is 0 Å². The third-order valence-electron chi connectivity index (χ3n) is 3.58. The normalized spacial score (nSPS) is 35.4. The van der Waals surface area contributed by atoms with Crippen molar-refractivity contribution in [2.24, 2.45) is 0 Å². The summed E-state index contributed by atoms with van der Waals surface area (Å²) >= 11 is 0. The summed E-state index contributed by atoms with van der Waals surface area (Å²) in [5, 5.41) is 7.88. The first-order chi connectivity index (χ1) is 6.88. The molecule has 3 unspecified atom stereocenters. The summed E-state index contributed by atoms with van der Waals surface area (Å²) in [4.78, 5) is 4.40. The number of nitrogens with zero attached hydrogens (tertiary/aromatic N) is 3. The lowest BCUT2D eigenvalue weighted by molar-refractivity contribution is 0.457. The molecule has 4 heteroatoms. The fraction of sp³-hybridized carbons (Fsp3) is 0.800. The van der Waals surface area contributed by atoms with Crippen LogP contribution in [0.25, 0.3) is 0 Å². The van der Waals surface area contributed by atoms with Crippen LogP contribution >= 0.6 is 0 Å². The first kappa shape index (κ1) is 8.41. The Labute approximate surface area is 83.7 Å². The van der Waals surface area contributed by atoms with Gasteiger partial charge in [-0.15, -0.1) is 0 Å². The summed E-state index contributed by atoms with van der Waals surface area (Å²) in [6, 6.07) is 1.40. The quantitative estimate of drug-likeness (QED) is 0.757. The molecular weight excluding hydrogens is 176 g/mol. The van der Waals surface area contributed by atoms with Crippen molar-refractivity contribution in [1.82, 2.24) is 20.1 Å². The summed E-state index contributed by atoms with van der Waals surface area (Å²) in [6.07, 6.45) is 5.60. The fourth-order valence-corrected chi connectivity index (χ4v) is 2.91. The van der Waals surface area contributed by atoms with Gasteiger partial charge < -0.3 is 5.32 Å². The average Bonchev–Trinajstić information content (AvgIpc) is 2.92. The Morgan fingerprint density at radius 2 is 2.50 bits per heavy atom. The summed E-state index contributed by atoms with van der Waals surface area (Å²) in [6.45, 7) is 3.06. The second-order valence-corrected chi connectivity index (χ2v) is 4.32. The lowest BCUT2D eigenvalue weighted by atomic mass is 9.88. The van der Waals surface area contributed by atoms with Crippen LogP contribution in [-0.4, -0.2) is 26.8 Å². The molecule has 0 aliphatic carbocycles. The zero-order valence-electron chi connectivity index (χ0n) is 8.48. The summed E-state index contributed by atoms with van der Waals surface area (Å²) < 4.78 is 2.03. The maximum Gasteiger partial charge on any atom is 0.138 e. The fourth-order valence-electron chi connectivity index (χ4n) is 2.91. The smallest absolute Gasteiger partial charge is 0.138 e. The Balaban J connectivity index is 1.89. The van der Waals surface area contributed by atoms with Gasteiger partial charge in [0, 0.05) is 24.5 Å². The Hall–Kier alpha value is -0.900. The zero-order valence-corrected chi connectivity index (χ0v) is 8.48. The Kier molecular flexibility index (Phi) is 1.83. The van der Waals surface area contributed by atoms with Gasteiger partial charge in [-0.2, -0.15) is 5.10 Å². The lowest BCUT2D eigenvalue weighted by Crippen LogP contribution is -2.23. The summed E-state index contributed by atoms with van der Waals surface area (Å²) in [7, 11) is 0. The molecule has 2 fully saturated rings. The molecule has 2 aliphatic rings. The lowest BCUT2D eigenvalue weighted by Gasteiger charge is -2.19. The van der Waals surface area contributed by atoms with E-state index in [-0.39, 0.29) is 0 Å². The molecule has 3 heterocycles. The number of nitrogens with one attached hydrogen (secondary N) is 1. The molecule has 3 rings (SSSR count). The molecular formula is C10H16N4. The average molecular weight is 192 g/mol. The highest BCUT2D eigenvalue weighted by Crippen LogP contribution is 2.38. The predicted molar refractivity (Wildman–Crippen MR) is 53.0 cm³/mol. The SMILES string of the molecule is CCn1ncnc1C1CC2CCC1N2. The van der Waals surface area contributed by atoms with Crippen LogP contribution in [0.4, 0.5) is 0 Å². The Morgan fingerprint density at radius 3 is 3.14 bits per heavy atom. The van der Waals surface area contributed by atoms with Crippen LogP contribution in [0.1, 0.15) is 37.9 Å². The number of hydrogen-bond acceptors (Lipinski definition) is 3. The predicted octanol–water partition coefficient (Wildman–Crippen LogP) is 0.906. The highest BCUT2D eigenvalue weighted by molar-refractivity contribution is 5.11. The second kappa shape index (κ2) is 3.05. The minimum atomic E-state index is 0.608. The van der Waals surface area contributed by atoms with Crippen LogP contribution in [0.15, 0.2) is 6.33 Å². The van der Waals surface area contributed by atoms with Gasteiger partial charge in [0.2, 0.25) is 0 Å². The topological polar surface area (TPSA) is 42.7 Å². The van der Waals surface area contributed by atoms with Crippen molar-refractivity contribution in [3.05, 3.63) is 12.2 Å². The first-order valence-corrected chi connectivity index (χ1v) is 5.52. The van der Waals surface area contributed by atoms with E-state index < -0.39 is 0 Å². The van der Waals surface area contributed by atoms with Gasteiger partial charge in [0.1, 0.15) is 12.2 Å². The first-order valence-electron chi connectivity index (χ1n) is 5.52. The van der Waals surface area contributed by atoms with E-state index in [0.717, 1.165) is 12.6 Å². The molecule has 1 aromatic heterocycles. The van der Waals surface area contributed by atoms with Crippen molar-refractivity contribution >= 4 is 0 Å². The molecule has 0 aromatic carbocycles. The molecule has 0 radical (unpaired) electrons. The van der Waals surface area contributed by atoms with Crippen molar-refractivity contribution in [2.45, 2.75) is 50.7 Å². The molecule has 2 aliphatic heterocycles. The van der Waals surface area contributed by atoms with Crippen molar-refractivity contribution < 1.29 is 0 Å². The van der Waals surface area contributed by atoms with Gasteiger partial charge in [-0.1, -0.05) is 0 Å². The molecule has 2 bridgehead atoms. The van der Waals surface area contributed by atoms with E-state index in [0.29, 0.717) is 12.0 Å². The Morgan fingerprint density at radius 1 is 1.57 bits per heavy atom. The molecule has 0 amide bonds. The van der Waals surface area contributed by atoms with Gasteiger partial charge in [-0.05, 0) is 26.2 Å². The van der Waals surface area contributed by atoms with Crippen molar-refractivity contribution in [3.8, 4) is 0 Å². The van der Waals surface area contributed by atoms with Crippen LogP contribution in [0, 0.1) is 0 Å². The van der Waals surface area contributed by atoms with E-state index in [1.165, 1.54) is 25.1 Å². The minimum absolute atomic E-state index is 0.608. The third-order valence-corrected chi connectivity index (χ3v) is 3.58. The maximum absolute atomic E-state index is 4.40. The van der Waals surface area contributed by atoms with Crippen LogP contribution in [0.3, 0.4) is 0 Å².